The first-order valence-corrected chi connectivity index (χ1v) is 8.89. The predicted molar refractivity (Wildman–Crippen MR) is 79.6 cm³/mol. The number of hydrogen-bond acceptors (Lipinski definition) is 5. The first-order chi connectivity index (χ1) is 9.33. The number of amides is 1. The van der Waals surface area contributed by atoms with Crippen molar-refractivity contribution in [1.29, 1.82) is 0 Å². The van der Waals surface area contributed by atoms with Gasteiger partial charge in [0, 0.05) is 31.6 Å². The molecule has 1 amide bonds. The Morgan fingerprint density at radius 2 is 2.20 bits per heavy atom. The molecule has 20 heavy (non-hydrogen) atoms. The maximum Gasteiger partial charge on any atom is 0.254 e. The molecule has 0 fully saturated rings. The number of hydrogen-bond donors (Lipinski definition) is 1. The van der Waals surface area contributed by atoms with Crippen LogP contribution in [0, 0.1) is 11.8 Å². The molecule has 1 N–H and O–H groups in total. The SMILES string of the molecule is CN(CCS(C)(=O)=O)C(=O)c1csc(C#CCCO)c1. The highest BCUT2D eigenvalue weighted by Gasteiger charge is 2.15. The van der Waals surface area contributed by atoms with Crippen molar-refractivity contribution < 1.29 is 18.3 Å². The molecule has 0 saturated heterocycles. The zero-order valence-corrected chi connectivity index (χ0v) is 13.1. The van der Waals surface area contributed by atoms with E-state index < -0.39 is 9.84 Å². The predicted octanol–water partition coefficient (Wildman–Crippen LogP) is 0.599. The summed E-state index contributed by atoms with van der Waals surface area (Å²) in [5, 5.41) is 10.3. The van der Waals surface area contributed by atoms with Crippen LogP contribution in [0.4, 0.5) is 0 Å². The highest BCUT2D eigenvalue weighted by Crippen LogP contribution is 2.15. The van der Waals surface area contributed by atoms with Crippen molar-refractivity contribution in [3.8, 4) is 11.8 Å². The number of thiophene rings is 1. The third-order valence-corrected chi connectivity index (χ3v) is 4.21. The molecule has 0 atom stereocenters. The molecule has 1 aromatic heterocycles. The summed E-state index contributed by atoms with van der Waals surface area (Å²) in [6.45, 7) is 0.178. The summed E-state index contributed by atoms with van der Waals surface area (Å²) in [5.74, 6) is 5.37. The van der Waals surface area contributed by atoms with Crippen molar-refractivity contribution in [2.45, 2.75) is 6.42 Å². The maximum atomic E-state index is 12.1. The minimum Gasteiger partial charge on any atom is -0.395 e. The zero-order valence-electron chi connectivity index (χ0n) is 11.4. The van der Waals surface area contributed by atoms with Crippen molar-refractivity contribution >= 4 is 27.1 Å². The Morgan fingerprint density at radius 1 is 1.50 bits per heavy atom. The van der Waals surface area contributed by atoms with Crippen LogP contribution in [0.5, 0.6) is 0 Å². The first kappa shape index (κ1) is 16.7. The van der Waals surface area contributed by atoms with Gasteiger partial charge in [-0.25, -0.2) is 8.42 Å². The van der Waals surface area contributed by atoms with E-state index in [9.17, 15) is 13.2 Å². The lowest BCUT2D eigenvalue weighted by Gasteiger charge is -2.15. The van der Waals surface area contributed by atoms with Gasteiger partial charge in [0.15, 0.2) is 0 Å². The molecular formula is C13H17NO4S2. The molecule has 0 aliphatic carbocycles. The molecule has 5 nitrogen and oxygen atoms in total. The van der Waals surface area contributed by atoms with Crippen LogP contribution in [0.3, 0.4) is 0 Å². The van der Waals surface area contributed by atoms with Gasteiger partial charge in [0.25, 0.3) is 5.91 Å². The Balaban J connectivity index is 2.66. The summed E-state index contributed by atoms with van der Waals surface area (Å²) in [6, 6.07) is 1.67. The molecule has 0 spiro atoms. The fourth-order valence-electron chi connectivity index (χ4n) is 1.34. The third-order valence-electron chi connectivity index (χ3n) is 2.44. The second-order valence-electron chi connectivity index (χ2n) is 4.33. The lowest BCUT2D eigenvalue weighted by atomic mass is 10.2. The van der Waals surface area contributed by atoms with Crippen LogP contribution in [0.15, 0.2) is 11.4 Å². The number of carbonyl (C=O) groups is 1. The van der Waals surface area contributed by atoms with Crippen molar-refractivity contribution in [1.82, 2.24) is 4.90 Å². The van der Waals surface area contributed by atoms with Crippen LogP contribution >= 0.6 is 11.3 Å². The smallest absolute Gasteiger partial charge is 0.254 e. The van der Waals surface area contributed by atoms with Gasteiger partial charge in [-0.1, -0.05) is 11.8 Å². The van der Waals surface area contributed by atoms with Gasteiger partial charge in [0.1, 0.15) is 9.84 Å². The fourth-order valence-corrected chi connectivity index (χ4v) is 2.70. The van der Waals surface area contributed by atoms with Crippen LogP contribution in [-0.2, 0) is 9.84 Å². The number of aliphatic hydroxyl groups is 1. The van der Waals surface area contributed by atoms with E-state index in [2.05, 4.69) is 11.8 Å². The number of carbonyl (C=O) groups excluding carboxylic acids is 1. The monoisotopic (exact) mass is 315 g/mol. The van der Waals surface area contributed by atoms with Gasteiger partial charge in [-0.05, 0) is 6.07 Å². The molecule has 0 bridgehead atoms. The maximum absolute atomic E-state index is 12.1. The summed E-state index contributed by atoms with van der Waals surface area (Å²) in [5.41, 5.74) is 0.499. The second-order valence-corrected chi connectivity index (χ2v) is 7.50. The molecule has 110 valence electrons. The van der Waals surface area contributed by atoms with E-state index in [0.717, 1.165) is 11.1 Å². The molecule has 1 aromatic rings. The molecule has 0 aliphatic rings. The van der Waals surface area contributed by atoms with Crippen LogP contribution in [0.1, 0.15) is 21.7 Å². The number of rotatable bonds is 5. The van der Waals surface area contributed by atoms with E-state index in [0.29, 0.717) is 12.0 Å². The third kappa shape index (κ3) is 5.74. The van der Waals surface area contributed by atoms with Crippen molar-refractivity contribution in [2.75, 3.05) is 32.2 Å². The number of aliphatic hydroxyl groups excluding tert-OH is 1. The van der Waals surface area contributed by atoms with E-state index in [4.69, 9.17) is 5.11 Å². The van der Waals surface area contributed by atoms with E-state index >= 15 is 0 Å². The van der Waals surface area contributed by atoms with Gasteiger partial charge in [0.05, 0.1) is 22.8 Å². The van der Waals surface area contributed by atoms with Gasteiger partial charge in [-0.15, -0.1) is 11.3 Å². The topological polar surface area (TPSA) is 74.7 Å². The van der Waals surface area contributed by atoms with Crippen LogP contribution in [-0.4, -0.2) is 56.5 Å². The molecule has 1 heterocycles. The highest BCUT2D eigenvalue weighted by molar-refractivity contribution is 7.90. The van der Waals surface area contributed by atoms with Gasteiger partial charge < -0.3 is 10.0 Å². The lowest BCUT2D eigenvalue weighted by Crippen LogP contribution is -2.31. The first-order valence-electron chi connectivity index (χ1n) is 5.95. The van der Waals surface area contributed by atoms with Crippen molar-refractivity contribution in [2.24, 2.45) is 0 Å². The minimum absolute atomic E-state index is 0.0123. The van der Waals surface area contributed by atoms with E-state index in [-0.39, 0.29) is 24.8 Å². The van der Waals surface area contributed by atoms with Crippen molar-refractivity contribution in [3.63, 3.8) is 0 Å². The lowest BCUT2D eigenvalue weighted by molar-refractivity contribution is 0.0804. The summed E-state index contributed by atoms with van der Waals surface area (Å²) < 4.78 is 22.1. The molecule has 0 aromatic carbocycles. The Kier molecular flexibility index (Phi) is 6.20. The Bertz CT molecular complexity index is 622. The average Bonchev–Trinajstić information content (AvgIpc) is 2.83. The molecule has 7 heteroatoms. The van der Waals surface area contributed by atoms with E-state index in [1.165, 1.54) is 16.2 Å². The Labute approximate surface area is 123 Å². The summed E-state index contributed by atoms with van der Waals surface area (Å²) in [7, 11) is -1.51. The van der Waals surface area contributed by atoms with Crippen LogP contribution < -0.4 is 0 Å². The summed E-state index contributed by atoms with van der Waals surface area (Å²) in [4.78, 5) is 14.2. The summed E-state index contributed by atoms with van der Waals surface area (Å²) >= 11 is 1.35. The van der Waals surface area contributed by atoms with Gasteiger partial charge in [-0.3, -0.25) is 4.79 Å². The van der Waals surface area contributed by atoms with Gasteiger partial charge in [0.2, 0.25) is 0 Å². The van der Waals surface area contributed by atoms with Crippen LogP contribution in [0.25, 0.3) is 0 Å². The van der Waals surface area contributed by atoms with Gasteiger partial charge >= 0.3 is 0 Å². The normalized spacial score (nSPS) is 10.8. The van der Waals surface area contributed by atoms with Gasteiger partial charge in [-0.2, -0.15) is 0 Å². The highest BCUT2D eigenvalue weighted by atomic mass is 32.2. The summed E-state index contributed by atoms with van der Waals surface area (Å²) in [6.07, 6.45) is 1.54. The average molecular weight is 315 g/mol. The van der Waals surface area contributed by atoms with E-state index in [1.54, 1.807) is 18.5 Å². The molecule has 1 rings (SSSR count). The minimum atomic E-state index is -3.08. The Hall–Kier alpha value is -1.36. The molecule has 0 unspecified atom stereocenters. The second kappa shape index (κ2) is 7.43. The molecule has 0 radical (unpaired) electrons. The number of sulfone groups is 1. The quantitative estimate of drug-likeness (QED) is 0.808. The number of nitrogens with zero attached hydrogens (tertiary/aromatic N) is 1. The van der Waals surface area contributed by atoms with Crippen LogP contribution in [0.2, 0.25) is 0 Å². The van der Waals surface area contributed by atoms with E-state index in [1.807, 2.05) is 0 Å². The zero-order chi connectivity index (χ0) is 15.2. The molecule has 0 aliphatic heterocycles. The van der Waals surface area contributed by atoms with Crippen molar-refractivity contribution in [3.05, 3.63) is 21.9 Å². The Morgan fingerprint density at radius 3 is 2.80 bits per heavy atom. The molecular weight excluding hydrogens is 298 g/mol. The molecule has 0 saturated carbocycles. The fraction of sp³-hybridized carbons (Fsp3) is 0.462. The largest absolute Gasteiger partial charge is 0.395 e. The standard InChI is InChI=1S/C13H17NO4S2/c1-14(6-8-20(2,17)18)13(16)11-9-12(19-10-11)5-3-4-7-15/h9-10,15H,4,6-8H2,1-2H3.